The van der Waals surface area contributed by atoms with Gasteiger partial charge in [0.15, 0.2) is 5.82 Å². The zero-order valence-corrected chi connectivity index (χ0v) is 17.8. The van der Waals surface area contributed by atoms with Crippen LogP contribution in [0, 0.1) is 5.92 Å². The maximum absolute atomic E-state index is 5.75. The minimum absolute atomic E-state index is 0.783. The van der Waals surface area contributed by atoms with E-state index in [2.05, 4.69) is 37.2 Å². The molecule has 1 atom stereocenters. The highest BCUT2D eigenvalue weighted by Crippen LogP contribution is 2.29. The molecule has 1 aliphatic carbocycles. The summed E-state index contributed by atoms with van der Waals surface area (Å²) >= 11 is 0. The predicted octanol–water partition coefficient (Wildman–Crippen LogP) is 6.79. The van der Waals surface area contributed by atoms with Gasteiger partial charge in [-0.2, -0.15) is 0 Å². The zero-order valence-electron chi connectivity index (χ0n) is 17.8. The Morgan fingerprint density at radius 1 is 0.964 bits per heavy atom. The number of ether oxygens (including phenoxy) is 1. The smallest absolute Gasteiger partial charge is 0.159 e. The van der Waals surface area contributed by atoms with Crippen LogP contribution in [-0.2, 0) is 12.8 Å². The van der Waals surface area contributed by atoms with Crippen LogP contribution in [0.1, 0.15) is 82.9 Å². The molecule has 0 saturated carbocycles. The summed E-state index contributed by atoms with van der Waals surface area (Å²) in [6.07, 6.45) is 16.1. The van der Waals surface area contributed by atoms with Gasteiger partial charge in [0.05, 0.1) is 6.61 Å². The molecule has 1 unspecified atom stereocenters. The fraction of sp³-hybridized carbons (Fsp3) is 0.600. The lowest BCUT2D eigenvalue weighted by Crippen LogP contribution is -2.16. The molecule has 0 bridgehead atoms. The molecule has 2 aromatic rings. The van der Waals surface area contributed by atoms with E-state index >= 15 is 0 Å². The number of benzene rings is 1. The third kappa shape index (κ3) is 6.05. The van der Waals surface area contributed by atoms with Crippen molar-refractivity contribution in [2.75, 3.05) is 6.61 Å². The van der Waals surface area contributed by atoms with Gasteiger partial charge in [0.2, 0.25) is 0 Å². The summed E-state index contributed by atoms with van der Waals surface area (Å²) in [5, 5.41) is 0. The van der Waals surface area contributed by atoms with Crippen LogP contribution in [0.4, 0.5) is 0 Å². The van der Waals surface area contributed by atoms with Crippen molar-refractivity contribution in [2.45, 2.75) is 84.5 Å². The molecule has 3 nitrogen and oxygen atoms in total. The largest absolute Gasteiger partial charge is 0.494 e. The minimum atomic E-state index is 0.783. The van der Waals surface area contributed by atoms with E-state index in [-0.39, 0.29) is 0 Å². The van der Waals surface area contributed by atoms with Gasteiger partial charge in [-0.25, -0.2) is 9.97 Å². The van der Waals surface area contributed by atoms with E-state index in [0.717, 1.165) is 55.3 Å². The Morgan fingerprint density at radius 3 is 2.54 bits per heavy atom. The normalized spacial score (nSPS) is 16.0. The van der Waals surface area contributed by atoms with Crippen LogP contribution in [0.3, 0.4) is 0 Å². The second kappa shape index (κ2) is 11.2. The van der Waals surface area contributed by atoms with E-state index in [9.17, 15) is 0 Å². The molecule has 28 heavy (non-hydrogen) atoms. The third-order valence-corrected chi connectivity index (χ3v) is 5.85. The van der Waals surface area contributed by atoms with Crippen LogP contribution in [0.5, 0.6) is 5.75 Å². The molecular weight excluding hydrogens is 344 g/mol. The topological polar surface area (TPSA) is 35.0 Å². The Balaban J connectivity index is 1.54. The molecule has 3 rings (SSSR count). The van der Waals surface area contributed by atoms with Crippen molar-refractivity contribution in [3.63, 3.8) is 0 Å². The van der Waals surface area contributed by atoms with Crippen molar-refractivity contribution in [1.82, 2.24) is 9.97 Å². The van der Waals surface area contributed by atoms with E-state index in [1.54, 1.807) is 0 Å². The summed E-state index contributed by atoms with van der Waals surface area (Å²) in [5.74, 6) is 2.59. The average molecular weight is 381 g/mol. The SMILES string of the molecule is CCCCCCCC1CCc2nc(-c3ccc(OCCCC)cc3)ncc2C1. The molecule has 1 heterocycles. The Labute approximate surface area is 171 Å². The molecule has 0 fully saturated rings. The number of unbranched alkanes of at least 4 members (excludes halogenated alkanes) is 5. The molecule has 152 valence electrons. The number of aromatic nitrogens is 2. The average Bonchev–Trinajstić information content (AvgIpc) is 2.74. The van der Waals surface area contributed by atoms with E-state index in [4.69, 9.17) is 9.72 Å². The Bertz CT molecular complexity index is 711. The highest BCUT2D eigenvalue weighted by Gasteiger charge is 2.20. The molecular formula is C25H36N2O. The maximum Gasteiger partial charge on any atom is 0.159 e. The fourth-order valence-corrected chi connectivity index (χ4v) is 4.04. The van der Waals surface area contributed by atoms with Crippen molar-refractivity contribution >= 4 is 0 Å². The van der Waals surface area contributed by atoms with E-state index in [1.807, 2.05) is 12.1 Å². The van der Waals surface area contributed by atoms with Gasteiger partial charge < -0.3 is 4.74 Å². The van der Waals surface area contributed by atoms with Crippen molar-refractivity contribution in [3.8, 4) is 17.1 Å². The van der Waals surface area contributed by atoms with E-state index in [0.29, 0.717) is 0 Å². The molecule has 0 spiro atoms. The van der Waals surface area contributed by atoms with Crippen molar-refractivity contribution in [1.29, 1.82) is 0 Å². The van der Waals surface area contributed by atoms with Crippen LogP contribution in [0.2, 0.25) is 0 Å². The molecule has 0 amide bonds. The molecule has 3 heteroatoms. The minimum Gasteiger partial charge on any atom is -0.494 e. The van der Waals surface area contributed by atoms with Gasteiger partial charge in [-0.3, -0.25) is 0 Å². The fourth-order valence-electron chi connectivity index (χ4n) is 4.04. The number of fused-ring (bicyclic) bond motifs is 1. The first kappa shape index (κ1) is 20.8. The molecule has 0 N–H and O–H groups in total. The maximum atomic E-state index is 5.75. The zero-order chi connectivity index (χ0) is 19.6. The van der Waals surface area contributed by atoms with Gasteiger partial charge in [-0.1, -0.05) is 58.8 Å². The summed E-state index contributed by atoms with van der Waals surface area (Å²) in [4.78, 5) is 9.56. The first-order chi connectivity index (χ1) is 13.8. The number of aryl methyl sites for hydroxylation is 1. The second-order valence-electron chi connectivity index (χ2n) is 8.20. The summed E-state index contributed by atoms with van der Waals surface area (Å²) in [6, 6.07) is 8.21. The van der Waals surface area contributed by atoms with Crippen molar-refractivity contribution in [3.05, 3.63) is 41.7 Å². The van der Waals surface area contributed by atoms with Crippen LogP contribution in [0.25, 0.3) is 11.4 Å². The highest BCUT2D eigenvalue weighted by atomic mass is 16.5. The number of hydrogen-bond acceptors (Lipinski definition) is 3. The predicted molar refractivity (Wildman–Crippen MR) is 117 cm³/mol. The van der Waals surface area contributed by atoms with Gasteiger partial charge >= 0.3 is 0 Å². The second-order valence-corrected chi connectivity index (χ2v) is 8.20. The molecule has 1 aromatic heterocycles. The Kier molecular flexibility index (Phi) is 8.32. The van der Waals surface area contributed by atoms with Gasteiger partial charge in [0.25, 0.3) is 0 Å². The molecule has 0 aliphatic heterocycles. The molecule has 1 aliphatic rings. The van der Waals surface area contributed by atoms with Crippen LogP contribution in [-0.4, -0.2) is 16.6 Å². The lowest BCUT2D eigenvalue weighted by atomic mass is 9.84. The number of nitrogens with zero attached hydrogens (tertiary/aromatic N) is 2. The van der Waals surface area contributed by atoms with Crippen molar-refractivity contribution < 1.29 is 4.74 Å². The van der Waals surface area contributed by atoms with Crippen LogP contribution >= 0.6 is 0 Å². The summed E-state index contributed by atoms with van der Waals surface area (Å²) in [7, 11) is 0. The standard InChI is InChI=1S/C25H36N2O/c1-3-5-7-8-9-10-20-11-16-24-22(18-20)19-26-25(27-24)21-12-14-23(15-13-21)28-17-6-4-2/h12-15,19-20H,3-11,16-18H2,1-2H3. The van der Waals surface area contributed by atoms with Crippen LogP contribution < -0.4 is 4.74 Å². The van der Waals surface area contributed by atoms with Gasteiger partial charge in [0, 0.05) is 17.5 Å². The molecule has 0 saturated heterocycles. The van der Waals surface area contributed by atoms with Crippen LogP contribution in [0.15, 0.2) is 30.5 Å². The summed E-state index contributed by atoms with van der Waals surface area (Å²) < 4.78 is 5.75. The Morgan fingerprint density at radius 2 is 1.75 bits per heavy atom. The third-order valence-electron chi connectivity index (χ3n) is 5.85. The lowest BCUT2D eigenvalue weighted by molar-refractivity contribution is 0.309. The summed E-state index contributed by atoms with van der Waals surface area (Å²) in [5.41, 5.74) is 3.70. The molecule has 0 radical (unpaired) electrons. The number of hydrogen-bond donors (Lipinski definition) is 0. The lowest BCUT2D eigenvalue weighted by Gasteiger charge is -2.24. The number of rotatable bonds is 11. The van der Waals surface area contributed by atoms with Gasteiger partial charge in [-0.15, -0.1) is 0 Å². The quantitative estimate of drug-likeness (QED) is 0.403. The summed E-state index contributed by atoms with van der Waals surface area (Å²) in [6.45, 7) is 5.24. The molecule has 1 aromatic carbocycles. The van der Waals surface area contributed by atoms with Crippen molar-refractivity contribution in [2.24, 2.45) is 5.92 Å². The first-order valence-electron chi connectivity index (χ1n) is 11.4. The monoisotopic (exact) mass is 380 g/mol. The van der Waals surface area contributed by atoms with Gasteiger partial charge in [0.1, 0.15) is 5.75 Å². The Hall–Kier alpha value is -1.90. The first-order valence-corrected chi connectivity index (χ1v) is 11.4. The highest BCUT2D eigenvalue weighted by molar-refractivity contribution is 5.56. The van der Waals surface area contributed by atoms with Gasteiger partial charge in [-0.05, 0) is 61.4 Å². The van der Waals surface area contributed by atoms with E-state index in [1.165, 1.54) is 56.2 Å². The van der Waals surface area contributed by atoms with E-state index < -0.39 is 0 Å².